The van der Waals surface area contributed by atoms with Crippen LogP contribution in [0.5, 0.6) is 0 Å². The molecule has 3 atom stereocenters. The Morgan fingerprint density at radius 2 is 1.72 bits per heavy atom. The summed E-state index contributed by atoms with van der Waals surface area (Å²) in [7, 11) is 0. The predicted octanol–water partition coefficient (Wildman–Crippen LogP) is 1.63. The van der Waals surface area contributed by atoms with Gasteiger partial charge in [-0.25, -0.2) is 0 Å². The van der Waals surface area contributed by atoms with Gasteiger partial charge in [0.05, 0.1) is 5.92 Å². The van der Waals surface area contributed by atoms with Gasteiger partial charge in [-0.15, -0.1) is 0 Å². The molecule has 5 rings (SSSR count). The van der Waals surface area contributed by atoms with E-state index >= 15 is 0 Å². The van der Waals surface area contributed by atoms with Crippen molar-refractivity contribution in [3.05, 3.63) is 0 Å². The Morgan fingerprint density at radius 3 is 2.39 bits per heavy atom. The van der Waals surface area contributed by atoms with Crippen molar-refractivity contribution in [3.8, 4) is 0 Å². The summed E-state index contributed by atoms with van der Waals surface area (Å²) in [5, 5.41) is 3.34. The Bertz CT molecular complexity index is 336. The molecule has 3 heterocycles. The first-order valence-electron chi connectivity index (χ1n) is 7.81. The molecule has 0 spiro atoms. The van der Waals surface area contributed by atoms with Crippen LogP contribution in [0.25, 0.3) is 0 Å². The maximum Gasteiger partial charge on any atom is 0.227 e. The van der Waals surface area contributed by atoms with E-state index in [1.165, 1.54) is 32.1 Å². The quantitative estimate of drug-likeness (QED) is 0.765. The maximum atomic E-state index is 12.7. The number of nitrogens with one attached hydrogen (secondary N) is 1. The average Bonchev–Trinajstić information content (AvgIpc) is 2.80. The van der Waals surface area contributed by atoms with Crippen LogP contribution in [-0.2, 0) is 4.79 Å². The minimum atomic E-state index is 0.278. The minimum Gasteiger partial charge on any atom is -0.339 e. The fraction of sp³-hybridized carbons (Fsp3) is 0.933. The second kappa shape index (κ2) is 4.22. The number of carbonyl (C=O) groups is 1. The number of fused-ring (bicyclic) bond motifs is 1. The molecule has 3 heteroatoms. The van der Waals surface area contributed by atoms with Gasteiger partial charge in [-0.05, 0) is 62.8 Å². The van der Waals surface area contributed by atoms with Crippen molar-refractivity contribution in [2.45, 2.75) is 44.6 Å². The molecule has 5 fully saturated rings. The summed E-state index contributed by atoms with van der Waals surface area (Å²) in [6.07, 6.45) is 7.93. The molecule has 3 aliphatic heterocycles. The van der Waals surface area contributed by atoms with E-state index in [9.17, 15) is 4.79 Å². The van der Waals surface area contributed by atoms with Gasteiger partial charge in [-0.3, -0.25) is 4.79 Å². The van der Waals surface area contributed by atoms with Crippen molar-refractivity contribution >= 4 is 5.91 Å². The van der Waals surface area contributed by atoms with Gasteiger partial charge in [0.25, 0.3) is 0 Å². The Morgan fingerprint density at radius 1 is 1.00 bits per heavy atom. The number of nitrogens with zero attached hydrogens (tertiary/aromatic N) is 1. The second-order valence-corrected chi connectivity index (χ2v) is 7.11. The first-order valence-corrected chi connectivity index (χ1v) is 7.81. The van der Waals surface area contributed by atoms with Crippen LogP contribution < -0.4 is 5.32 Å². The van der Waals surface area contributed by atoms with Gasteiger partial charge in [0.1, 0.15) is 0 Å². The van der Waals surface area contributed by atoms with E-state index in [0.29, 0.717) is 11.9 Å². The summed E-state index contributed by atoms with van der Waals surface area (Å²) < 4.78 is 0. The summed E-state index contributed by atoms with van der Waals surface area (Å²) in [6, 6.07) is 0.592. The smallest absolute Gasteiger partial charge is 0.227 e. The molecule has 3 saturated heterocycles. The van der Waals surface area contributed by atoms with E-state index in [0.717, 1.165) is 43.8 Å². The standard InChI is InChI=1S/C15H24N2O/c18-15(13-1-2-16-8-13)17-9-12-4-10-3-11(5-12)7-14(17)6-10/h10-14,16H,1-9H2. The monoisotopic (exact) mass is 248 g/mol. The molecule has 5 aliphatic rings. The first-order chi connectivity index (χ1) is 8.79. The zero-order valence-corrected chi connectivity index (χ0v) is 11.1. The van der Waals surface area contributed by atoms with Crippen LogP contribution >= 0.6 is 0 Å². The normalized spacial score (nSPS) is 46.4. The van der Waals surface area contributed by atoms with Crippen molar-refractivity contribution in [1.82, 2.24) is 10.2 Å². The van der Waals surface area contributed by atoms with E-state index < -0.39 is 0 Å². The molecule has 0 aromatic rings. The summed E-state index contributed by atoms with van der Waals surface area (Å²) in [6.45, 7) is 3.02. The van der Waals surface area contributed by atoms with E-state index in [-0.39, 0.29) is 5.92 Å². The van der Waals surface area contributed by atoms with Crippen LogP contribution in [0, 0.1) is 23.7 Å². The van der Waals surface area contributed by atoms with Gasteiger partial charge in [0.15, 0.2) is 0 Å². The second-order valence-electron chi connectivity index (χ2n) is 7.11. The van der Waals surface area contributed by atoms with E-state index in [1.54, 1.807) is 0 Å². The zero-order valence-electron chi connectivity index (χ0n) is 11.1. The summed E-state index contributed by atoms with van der Waals surface area (Å²) in [5.41, 5.74) is 0. The highest BCUT2D eigenvalue weighted by Gasteiger charge is 2.45. The summed E-state index contributed by atoms with van der Waals surface area (Å²) >= 11 is 0. The van der Waals surface area contributed by atoms with Crippen LogP contribution in [-0.4, -0.2) is 36.5 Å². The van der Waals surface area contributed by atoms with Crippen molar-refractivity contribution < 1.29 is 4.79 Å². The van der Waals surface area contributed by atoms with Gasteiger partial charge in [-0.2, -0.15) is 0 Å². The molecule has 2 aliphatic carbocycles. The molecule has 2 saturated carbocycles. The van der Waals surface area contributed by atoms with Gasteiger partial charge in [0.2, 0.25) is 5.91 Å². The maximum absolute atomic E-state index is 12.7. The number of carbonyl (C=O) groups excluding carboxylic acids is 1. The molecule has 3 unspecified atom stereocenters. The third-order valence-corrected chi connectivity index (χ3v) is 5.80. The average molecular weight is 248 g/mol. The van der Waals surface area contributed by atoms with Crippen LogP contribution in [0.15, 0.2) is 0 Å². The molecule has 0 aromatic heterocycles. The number of hydrogen-bond acceptors (Lipinski definition) is 2. The zero-order chi connectivity index (χ0) is 12.1. The molecule has 1 amide bonds. The Kier molecular flexibility index (Phi) is 2.65. The number of rotatable bonds is 1. The van der Waals surface area contributed by atoms with Crippen LogP contribution in [0.4, 0.5) is 0 Å². The van der Waals surface area contributed by atoms with Crippen molar-refractivity contribution in [2.24, 2.45) is 23.7 Å². The molecule has 3 nitrogen and oxygen atoms in total. The summed E-state index contributed by atoms with van der Waals surface area (Å²) in [4.78, 5) is 15.0. The summed E-state index contributed by atoms with van der Waals surface area (Å²) in [5.74, 6) is 3.44. The number of amides is 1. The molecule has 0 radical (unpaired) electrons. The third-order valence-electron chi connectivity index (χ3n) is 5.80. The lowest BCUT2D eigenvalue weighted by atomic mass is 9.68. The largest absolute Gasteiger partial charge is 0.339 e. The fourth-order valence-electron chi connectivity index (χ4n) is 5.15. The lowest BCUT2D eigenvalue weighted by Crippen LogP contribution is -2.45. The van der Waals surface area contributed by atoms with Crippen LogP contribution in [0.3, 0.4) is 0 Å². The van der Waals surface area contributed by atoms with Crippen LogP contribution in [0.1, 0.15) is 38.5 Å². The van der Waals surface area contributed by atoms with Gasteiger partial charge >= 0.3 is 0 Å². The highest BCUT2D eigenvalue weighted by molar-refractivity contribution is 5.80. The van der Waals surface area contributed by atoms with Gasteiger partial charge < -0.3 is 10.2 Å². The molecule has 100 valence electrons. The minimum absolute atomic E-state index is 0.278. The SMILES string of the molecule is O=C(C1CCNC1)N1CC2CC3CC(C2)CC1C3. The van der Waals surface area contributed by atoms with E-state index in [1.807, 2.05) is 0 Å². The Hall–Kier alpha value is -0.570. The van der Waals surface area contributed by atoms with Crippen molar-refractivity contribution in [2.75, 3.05) is 19.6 Å². The van der Waals surface area contributed by atoms with E-state index in [4.69, 9.17) is 0 Å². The van der Waals surface area contributed by atoms with Crippen molar-refractivity contribution in [3.63, 3.8) is 0 Å². The fourth-order valence-corrected chi connectivity index (χ4v) is 5.15. The van der Waals surface area contributed by atoms with Gasteiger partial charge in [0, 0.05) is 19.1 Å². The van der Waals surface area contributed by atoms with Crippen LogP contribution in [0.2, 0.25) is 0 Å². The van der Waals surface area contributed by atoms with Crippen molar-refractivity contribution in [1.29, 1.82) is 0 Å². The van der Waals surface area contributed by atoms with E-state index in [2.05, 4.69) is 10.2 Å². The molecular formula is C15H24N2O. The molecule has 0 aromatic carbocycles. The highest BCUT2D eigenvalue weighted by atomic mass is 16.2. The Balaban J connectivity index is 1.55. The lowest BCUT2D eigenvalue weighted by molar-refractivity contribution is -0.137. The molecule has 4 bridgehead atoms. The van der Waals surface area contributed by atoms with Gasteiger partial charge in [-0.1, -0.05) is 0 Å². The number of hydrogen-bond donors (Lipinski definition) is 1. The third kappa shape index (κ3) is 1.78. The molecule has 18 heavy (non-hydrogen) atoms. The topological polar surface area (TPSA) is 32.3 Å². The first kappa shape index (κ1) is 11.3. The Labute approximate surface area is 109 Å². The molecule has 1 N–H and O–H groups in total. The predicted molar refractivity (Wildman–Crippen MR) is 70.0 cm³/mol. The molecular weight excluding hydrogens is 224 g/mol. The highest BCUT2D eigenvalue weighted by Crippen LogP contribution is 2.47. The lowest BCUT2D eigenvalue weighted by Gasteiger charge is -2.39.